The highest BCUT2D eigenvalue weighted by Gasteiger charge is 2.11. The van der Waals surface area contributed by atoms with Crippen LogP contribution in [0.5, 0.6) is 0 Å². The zero-order chi connectivity index (χ0) is 16.2. The maximum Gasteiger partial charge on any atom is 0.246 e. The Balaban J connectivity index is 1.70. The van der Waals surface area contributed by atoms with E-state index in [1.165, 1.54) is 6.92 Å². The first-order valence-electron chi connectivity index (χ1n) is 7.11. The van der Waals surface area contributed by atoms with E-state index < -0.39 is 0 Å². The van der Waals surface area contributed by atoms with E-state index in [0.29, 0.717) is 24.0 Å². The van der Waals surface area contributed by atoms with Gasteiger partial charge in [-0.3, -0.25) is 4.79 Å². The van der Waals surface area contributed by atoms with Crippen LogP contribution >= 0.6 is 0 Å². The molecule has 3 aromatic rings. The van der Waals surface area contributed by atoms with Gasteiger partial charge in [-0.05, 0) is 36.8 Å². The second-order valence-corrected chi connectivity index (χ2v) is 5.00. The number of furan rings is 1. The second kappa shape index (κ2) is 6.35. The number of nitrogens with one attached hydrogen (secondary N) is 2. The van der Waals surface area contributed by atoms with Gasteiger partial charge in [0, 0.05) is 18.3 Å². The number of carbonyl (C=O) groups is 1. The number of aromatic nitrogens is 2. The largest absolute Gasteiger partial charge is 0.461 e. The Bertz CT molecular complexity index is 809. The predicted octanol–water partition coefficient (Wildman–Crippen LogP) is 3.21. The van der Waals surface area contributed by atoms with Gasteiger partial charge in [0.05, 0.1) is 12.8 Å². The molecular weight excluding hydrogens is 296 g/mol. The van der Waals surface area contributed by atoms with Crippen molar-refractivity contribution < 1.29 is 13.7 Å². The molecule has 0 fully saturated rings. The third kappa shape index (κ3) is 3.39. The molecule has 0 radical (unpaired) electrons. The molecule has 2 aromatic heterocycles. The van der Waals surface area contributed by atoms with Crippen molar-refractivity contribution in [2.45, 2.75) is 20.4 Å². The molecule has 23 heavy (non-hydrogen) atoms. The van der Waals surface area contributed by atoms with Gasteiger partial charge in [-0.15, -0.1) is 0 Å². The molecule has 0 aliphatic rings. The van der Waals surface area contributed by atoms with E-state index in [4.69, 9.17) is 8.94 Å². The van der Waals surface area contributed by atoms with Crippen LogP contribution in [0.1, 0.15) is 18.4 Å². The summed E-state index contributed by atoms with van der Waals surface area (Å²) < 4.78 is 10.4. The molecule has 0 saturated heterocycles. The van der Waals surface area contributed by atoms with E-state index in [0.717, 1.165) is 16.9 Å². The minimum absolute atomic E-state index is 0.106. The fourth-order valence-corrected chi connectivity index (χ4v) is 2.16. The summed E-state index contributed by atoms with van der Waals surface area (Å²) in [6.45, 7) is 3.78. The lowest BCUT2D eigenvalue weighted by Gasteiger charge is -2.12. The number of rotatable bonds is 5. The Hall–Kier alpha value is -3.09. The number of hydrogen-bond acceptors (Lipinski definition) is 6. The quantitative estimate of drug-likeness (QED) is 0.751. The van der Waals surface area contributed by atoms with Crippen LogP contribution in [0.25, 0.3) is 11.6 Å². The fourth-order valence-electron chi connectivity index (χ4n) is 2.16. The van der Waals surface area contributed by atoms with E-state index in [-0.39, 0.29) is 5.91 Å². The van der Waals surface area contributed by atoms with Crippen LogP contribution in [-0.4, -0.2) is 16.0 Å². The van der Waals surface area contributed by atoms with Gasteiger partial charge in [-0.1, -0.05) is 11.2 Å². The summed E-state index contributed by atoms with van der Waals surface area (Å²) in [6.07, 6.45) is 1.56. The molecule has 0 bridgehead atoms. The summed E-state index contributed by atoms with van der Waals surface area (Å²) in [4.78, 5) is 15.5. The zero-order valence-corrected chi connectivity index (χ0v) is 12.8. The molecular formula is C16H16N4O3. The third-order valence-electron chi connectivity index (χ3n) is 3.28. The second-order valence-electron chi connectivity index (χ2n) is 5.00. The first-order valence-corrected chi connectivity index (χ1v) is 7.11. The Kier molecular flexibility index (Phi) is 4.09. The van der Waals surface area contributed by atoms with Crippen LogP contribution in [-0.2, 0) is 11.3 Å². The SMILES string of the molecule is CC(=O)Nc1cccc(NCc2nc(-c3ccco3)no2)c1C. The van der Waals surface area contributed by atoms with Crippen LogP contribution in [0.3, 0.4) is 0 Å². The monoisotopic (exact) mass is 312 g/mol. The van der Waals surface area contributed by atoms with E-state index in [1.807, 2.05) is 25.1 Å². The Morgan fingerprint density at radius 1 is 1.22 bits per heavy atom. The Morgan fingerprint density at radius 3 is 2.78 bits per heavy atom. The summed E-state index contributed by atoms with van der Waals surface area (Å²) in [7, 11) is 0. The van der Waals surface area contributed by atoms with Crippen molar-refractivity contribution >= 4 is 17.3 Å². The maximum absolute atomic E-state index is 11.2. The minimum Gasteiger partial charge on any atom is -0.461 e. The summed E-state index contributed by atoms with van der Waals surface area (Å²) in [5, 5.41) is 9.89. The minimum atomic E-state index is -0.106. The van der Waals surface area contributed by atoms with Crippen LogP contribution < -0.4 is 10.6 Å². The highest BCUT2D eigenvalue weighted by molar-refractivity contribution is 5.90. The van der Waals surface area contributed by atoms with Gasteiger partial charge in [0.2, 0.25) is 17.6 Å². The van der Waals surface area contributed by atoms with Gasteiger partial charge in [0.1, 0.15) is 0 Å². The maximum atomic E-state index is 11.2. The normalized spacial score (nSPS) is 10.5. The van der Waals surface area contributed by atoms with Crippen molar-refractivity contribution in [1.82, 2.24) is 10.1 Å². The lowest BCUT2D eigenvalue weighted by atomic mass is 10.1. The number of hydrogen-bond donors (Lipinski definition) is 2. The van der Waals surface area contributed by atoms with Crippen LogP contribution in [0.2, 0.25) is 0 Å². The van der Waals surface area contributed by atoms with Crippen molar-refractivity contribution in [3.05, 3.63) is 48.0 Å². The average Bonchev–Trinajstić information content (AvgIpc) is 3.18. The zero-order valence-electron chi connectivity index (χ0n) is 12.8. The molecule has 1 aromatic carbocycles. The van der Waals surface area contributed by atoms with Crippen molar-refractivity contribution in [2.24, 2.45) is 0 Å². The molecule has 118 valence electrons. The first kappa shape index (κ1) is 14.8. The van der Waals surface area contributed by atoms with E-state index in [2.05, 4.69) is 20.8 Å². The summed E-state index contributed by atoms with van der Waals surface area (Å²) in [5.41, 5.74) is 2.59. The molecule has 0 saturated carbocycles. The third-order valence-corrected chi connectivity index (χ3v) is 3.28. The molecule has 0 aliphatic carbocycles. The average molecular weight is 312 g/mol. The number of anilines is 2. The molecule has 0 spiro atoms. The van der Waals surface area contributed by atoms with Crippen LogP contribution in [0.4, 0.5) is 11.4 Å². The van der Waals surface area contributed by atoms with Gasteiger partial charge in [-0.2, -0.15) is 4.98 Å². The molecule has 0 aliphatic heterocycles. The molecule has 0 atom stereocenters. The molecule has 1 amide bonds. The number of amides is 1. The number of nitrogens with zero attached hydrogens (tertiary/aromatic N) is 2. The highest BCUT2D eigenvalue weighted by Crippen LogP contribution is 2.24. The lowest BCUT2D eigenvalue weighted by Crippen LogP contribution is -2.09. The molecule has 0 unspecified atom stereocenters. The predicted molar refractivity (Wildman–Crippen MR) is 84.8 cm³/mol. The molecule has 7 nitrogen and oxygen atoms in total. The van der Waals surface area contributed by atoms with Gasteiger partial charge in [0.25, 0.3) is 0 Å². The van der Waals surface area contributed by atoms with Crippen molar-refractivity contribution in [3.63, 3.8) is 0 Å². The molecule has 2 N–H and O–H groups in total. The lowest BCUT2D eigenvalue weighted by molar-refractivity contribution is -0.114. The number of carbonyl (C=O) groups excluding carboxylic acids is 1. The van der Waals surface area contributed by atoms with Crippen LogP contribution in [0, 0.1) is 6.92 Å². The number of benzene rings is 1. The topological polar surface area (TPSA) is 93.2 Å². The standard InChI is InChI=1S/C16H16N4O3/c1-10-12(5-3-6-13(10)18-11(2)21)17-9-15-19-16(20-23-15)14-7-4-8-22-14/h3-8,17H,9H2,1-2H3,(H,18,21). The van der Waals surface area contributed by atoms with Gasteiger partial charge < -0.3 is 19.6 Å². The summed E-state index contributed by atoms with van der Waals surface area (Å²) in [6, 6.07) is 9.17. The van der Waals surface area contributed by atoms with Crippen molar-refractivity contribution in [2.75, 3.05) is 10.6 Å². The van der Waals surface area contributed by atoms with Crippen molar-refractivity contribution in [3.8, 4) is 11.6 Å². The molecule has 2 heterocycles. The van der Waals surface area contributed by atoms with Gasteiger partial charge in [-0.25, -0.2) is 0 Å². The highest BCUT2D eigenvalue weighted by atomic mass is 16.5. The first-order chi connectivity index (χ1) is 11.1. The Morgan fingerprint density at radius 2 is 2.04 bits per heavy atom. The van der Waals surface area contributed by atoms with E-state index in [9.17, 15) is 4.79 Å². The van der Waals surface area contributed by atoms with Crippen molar-refractivity contribution in [1.29, 1.82) is 0 Å². The molecule has 7 heteroatoms. The summed E-state index contributed by atoms with van der Waals surface area (Å²) >= 11 is 0. The van der Waals surface area contributed by atoms with Gasteiger partial charge >= 0.3 is 0 Å². The van der Waals surface area contributed by atoms with Gasteiger partial charge in [0.15, 0.2) is 5.76 Å². The van der Waals surface area contributed by atoms with E-state index >= 15 is 0 Å². The Labute approximate surface area is 132 Å². The summed E-state index contributed by atoms with van der Waals surface area (Å²) in [5.74, 6) is 1.31. The smallest absolute Gasteiger partial charge is 0.246 e. The van der Waals surface area contributed by atoms with Crippen LogP contribution in [0.15, 0.2) is 45.5 Å². The fraction of sp³-hybridized carbons (Fsp3) is 0.188. The van der Waals surface area contributed by atoms with E-state index in [1.54, 1.807) is 18.4 Å². The molecule has 3 rings (SSSR count).